The lowest BCUT2D eigenvalue weighted by Gasteiger charge is -2.32. The van der Waals surface area contributed by atoms with E-state index in [1.807, 2.05) is 30.5 Å². The standard InChI is InChI=1S/C16H23N3/c1-16(2,3)15(8-10-17)19-14-9-11-18-13-7-5-4-6-12(13)14/h4-7,9,11,15H,8,10,17H2,1-3H3,(H,18,19). The Morgan fingerprint density at radius 2 is 1.95 bits per heavy atom. The van der Waals surface area contributed by atoms with Crippen LogP contribution in [0.3, 0.4) is 0 Å². The van der Waals surface area contributed by atoms with Crippen LogP contribution in [0.4, 0.5) is 5.69 Å². The second-order valence-electron chi connectivity index (χ2n) is 6.02. The molecule has 0 spiro atoms. The van der Waals surface area contributed by atoms with Crippen molar-refractivity contribution in [1.29, 1.82) is 0 Å². The van der Waals surface area contributed by atoms with E-state index in [1.54, 1.807) is 0 Å². The lowest BCUT2D eigenvalue weighted by molar-refractivity contribution is 0.329. The summed E-state index contributed by atoms with van der Waals surface area (Å²) in [5.41, 5.74) is 8.07. The fraction of sp³-hybridized carbons (Fsp3) is 0.438. The van der Waals surface area contributed by atoms with E-state index in [9.17, 15) is 0 Å². The van der Waals surface area contributed by atoms with Crippen molar-refractivity contribution >= 4 is 16.6 Å². The van der Waals surface area contributed by atoms with Crippen molar-refractivity contribution < 1.29 is 0 Å². The third-order valence-electron chi connectivity index (χ3n) is 3.48. The maximum absolute atomic E-state index is 5.74. The molecule has 1 heterocycles. The lowest BCUT2D eigenvalue weighted by atomic mass is 9.84. The molecule has 3 N–H and O–H groups in total. The van der Waals surface area contributed by atoms with Crippen LogP contribution in [0.25, 0.3) is 10.9 Å². The van der Waals surface area contributed by atoms with Gasteiger partial charge in [0.15, 0.2) is 0 Å². The van der Waals surface area contributed by atoms with E-state index >= 15 is 0 Å². The lowest BCUT2D eigenvalue weighted by Crippen LogP contribution is -2.35. The highest BCUT2D eigenvalue weighted by Crippen LogP contribution is 2.28. The zero-order valence-corrected chi connectivity index (χ0v) is 12.0. The highest BCUT2D eigenvalue weighted by molar-refractivity contribution is 5.90. The molecule has 0 saturated heterocycles. The minimum atomic E-state index is 0.170. The van der Waals surface area contributed by atoms with Gasteiger partial charge in [-0.05, 0) is 30.5 Å². The summed E-state index contributed by atoms with van der Waals surface area (Å²) in [5.74, 6) is 0. The number of hydrogen-bond acceptors (Lipinski definition) is 3. The predicted molar refractivity (Wildman–Crippen MR) is 82.3 cm³/mol. The van der Waals surface area contributed by atoms with Crippen LogP contribution >= 0.6 is 0 Å². The molecule has 0 aliphatic rings. The summed E-state index contributed by atoms with van der Waals surface area (Å²) in [6.07, 6.45) is 2.81. The molecule has 0 bridgehead atoms. The first kappa shape index (κ1) is 13.8. The fourth-order valence-electron chi connectivity index (χ4n) is 2.30. The summed E-state index contributed by atoms with van der Waals surface area (Å²) in [6.45, 7) is 7.41. The molecule has 0 aliphatic carbocycles. The summed E-state index contributed by atoms with van der Waals surface area (Å²) >= 11 is 0. The van der Waals surface area contributed by atoms with Crippen molar-refractivity contribution in [3.63, 3.8) is 0 Å². The minimum absolute atomic E-state index is 0.170. The molecule has 0 fully saturated rings. The molecular weight excluding hydrogens is 234 g/mol. The predicted octanol–water partition coefficient (Wildman–Crippen LogP) is 3.41. The highest BCUT2D eigenvalue weighted by Gasteiger charge is 2.24. The monoisotopic (exact) mass is 257 g/mol. The molecule has 19 heavy (non-hydrogen) atoms. The largest absolute Gasteiger partial charge is 0.381 e. The van der Waals surface area contributed by atoms with Crippen molar-refractivity contribution in [1.82, 2.24) is 4.98 Å². The van der Waals surface area contributed by atoms with E-state index in [1.165, 1.54) is 0 Å². The number of aromatic nitrogens is 1. The summed E-state index contributed by atoms with van der Waals surface area (Å²) in [7, 11) is 0. The minimum Gasteiger partial charge on any atom is -0.381 e. The second-order valence-corrected chi connectivity index (χ2v) is 6.02. The van der Waals surface area contributed by atoms with E-state index in [4.69, 9.17) is 5.73 Å². The van der Waals surface area contributed by atoms with Gasteiger partial charge >= 0.3 is 0 Å². The van der Waals surface area contributed by atoms with Crippen LogP contribution in [0.5, 0.6) is 0 Å². The third kappa shape index (κ3) is 3.24. The number of hydrogen-bond donors (Lipinski definition) is 2. The third-order valence-corrected chi connectivity index (χ3v) is 3.48. The molecule has 102 valence electrons. The Labute approximate surface area is 115 Å². The van der Waals surface area contributed by atoms with E-state index in [2.05, 4.69) is 37.1 Å². The maximum atomic E-state index is 5.74. The Kier molecular flexibility index (Phi) is 4.05. The molecule has 1 aromatic carbocycles. The van der Waals surface area contributed by atoms with Gasteiger partial charge in [0.1, 0.15) is 0 Å². The summed E-state index contributed by atoms with van der Waals surface area (Å²) in [5, 5.41) is 4.81. The number of fused-ring (bicyclic) bond motifs is 1. The van der Waals surface area contributed by atoms with Gasteiger partial charge in [-0.2, -0.15) is 0 Å². The van der Waals surface area contributed by atoms with E-state index in [0.29, 0.717) is 12.6 Å². The van der Waals surface area contributed by atoms with Gasteiger partial charge in [0.05, 0.1) is 5.52 Å². The second kappa shape index (κ2) is 5.57. The molecule has 0 amide bonds. The molecule has 2 rings (SSSR count). The van der Waals surface area contributed by atoms with Crippen LogP contribution in [0.15, 0.2) is 36.5 Å². The van der Waals surface area contributed by atoms with Gasteiger partial charge in [0, 0.05) is 23.3 Å². The van der Waals surface area contributed by atoms with Gasteiger partial charge < -0.3 is 11.1 Å². The average molecular weight is 257 g/mol. The normalized spacial score (nSPS) is 13.5. The van der Waals surface area contributed by atoms with Gasteiger partial charge in [-0.1, -0.05) is 39.0 Å². The number of pyridine rings is 1. The Morgan fingerprint density at radius 3 is 2.63 bits per heavy atom. The van der Waals surface area contributed by atoms with Gasteiger partial charge in [0.25, 0.3) is 0 Å². The average Bonchev–Trinajstić information content (AvgIpc) is 2.37. The van der Waals surface area contributed by atoms with E-state index in [0.717, 1.165) is 23.0 Å². The summed E-state index contributed by atoms with van der Waals surface area (Å²) < 4.78 is 0. The molecule has 3 heteroatoms. The topological polar surface area (TPSA) is 50.9 Å². The van der Waals surface area contributed by atoms with Crippen molar-refractivity contribution in [3.8, 4) is 0 Å². The van der Waals surface area contributed by atoms with E-state index in [-0.39, 0.29) is 5.41 Å². The van der Waals surface area contributed by atoms with Gasteiger partial charge in [-0.15, -0.1) is 0 Å². The zero-order valence-electron chi connectivity index (χ0n) is 12.0. The van der Waals surface area contributed by atoms with Crippen LogP contribution in [0.1, 0.15) is 27.2 Å². The highest BCUT2D eigenvalue weighted by atomic mass is 14.9. The molecule has 2 aromatic rings. The van der Waals surface area contributed by atoms with Crippen LogP contribution < -0.4 is 11.1 Å². The van der Waals surface area contributed by atoms with Crippen LogP contribution in [-0.4, -0.2) is 17.6 Å². The number of nitrogens with zero attached hydrogens (tertiary/aromatic N) is 1. The number of benzene rings is 1. The Balaban J connectivity index is 2.34. The van der Waals surface area contributed by atoms with Crippen LogP contribution in [-0.2, 0) is 0 Å². The Bertz CT molecular complexity index is 538. The smallest absolute Gasteiger partial charge is 0.0722 e. The van der Waals surface area contributed by atoms with Gasteiger partial charge in [-0.25, -0.2) is 0 Å². The molecule has 0 saturated carbocycles. The first-order chi connectivity index (χ1) is 9.02. The number of nitrogens with two attached hydrogens (primary N) is 1. The SMILES string of the molecule is CC(C)(C)C(CCN)Nc1ccnc2ccccc12. The summed E-state index contributed by atoms with van der Waals surface area (Å²) in [4.78, 5) is 4.39. The molecule has 3 nitrogen and oxygen atoms in total. The number of para-hydroxylation sites is 1. The van der Waals surface area contributed by atoms with Crippen molar-refractivity contribution in [2.45, 2.75) is 33.2 Å². The zero-order chi connectivity index (χ0) is 13.9. The first-order valence-corrected chi connectivity index (χ1v) is 6.83. The molecule has 0 radical (unpaired) electrons. The quantitative estimate of drug-likeness (QED) is 0.882. The first-order valence-electron chi connectivity index (χ1n) is 6.83. The van der Waals surface area contributed by atoms with Gasteiger partial charge in [-0.3, -0.25) is 4.98 Å². The van der Waals surface area contributed by atoms with Gasteiger partial charge in [0.2, 0.25) is 0 Å². The Morgan fingerprint density at radius 1 is 1.21 bits per heavy atom. The number of nitrogens with one attached hydrogen (secondary N) is 1. The van der Waals surface area contributed by atoms with Crippen LogP contribution in [0, 0.1) is 5.41 Å². The molecule has 0 aliphatic heterocycles. The summed E-state index contributed by atoms with van der Waals surface area (Å²) in [6, 6.07) is 10.6. The van der Waals surface area contributed by atoms with Crippen LogP contribution in [0.2, 0.25) is 0 Å². The number of anilines is 1. The molecular formula is C16H23N3. The van der Waals surface area contributed by atoms with Crippen molar-refractivity contribution in [2.75, 3.05) is 11.9 Å². The maximum Gasteiger partial charge on any atom is 0.0722 e. The number of rotatable bonds is 4. The van der Waals surface area contributed by atoms with Crippen molar-refractivity contribution in [3.05, 3.63) is 36.5 Å². The molecule has 1 atom stereocenters. The molecule has 1 unspecified atom stereocenters. The fourth-order valence-corrected chi connectivity index (χ4v) is 2.30. The molecule has 1 aromatic heterocycles. The van der Waals surface area contributed by atoms with E-state index < -0.39 is 0 Å². The Hall–Kier alpha value is -1.61. The van der Waals surface area contributed by atoms with Crippen molar-refractivity contribution in [2.24, 2.45) is 11.1 Å².